The van der Waals surface area contributed by atoms with Crippen LogP contribution in [0.15, 0.2) is 49.1 Å². The molecule has 0 bridgehead atoms. The van der Waals surface area contributed by atoms with Gasteiger partial charge in [-0.25, -0.2) is 14.8 Å². The van der Waals surface area contributed by atoms with Crippen molar-refractivity contribution >= 4 is 17.4 Å². The maximum Gasteiger partial charge on any atom is 0.323 e. The predicted molar refractivity (Wildman–Crippen MR) is 60.2 cm³/mol. The van der Waals surface area contributed by atoms with Crippen molar-refractivity contribution < 1.29 is 4.79 Å². The molecule has 16 heavy (non-hydrogen) atoms. The van der Waals surface area contributed by atoms with Gasteiger partial charge in [-0.1, -0.05) is 18.2 Å². The van der Waals surface area contributed by atoms with E-state index in [9.17, 15) is 4.79 Å². The van der Waals surface area contributed by atoms with Gasteiger partial charge in [-0.3, -0.25) is 4.90 Å². The van der Waals surface area contributed by atoms with Gasteiger partial charge in [0, 0.05) is 0 Å². The first-order valence-electron chi connectivity index (χ1n) is 4.68. The third-order valence-corrected chi connectivity index (χ3v) is 2.04. The molecule has 0 radical (unpaired) electrons. The average molecular weight is 214 g/mol. The number of hydrogen-bond donors (Lipinski definition) is 1. The van der Waals surface area contributed by atoms with Gasteiger partial charge in [0.05, 0.1) is 23.8 Å². The highest BCUT2D eigenvalue weighted by Crippen LogP contribution is 2.22. The second kappa shape index (κ2) is 4.39. The van der Waals surface area contributed by atoms with Crippen molar-refractivity contribution in [1.29, 1.82) is 0 Å². The molecule has 1 heterocycles. The lowest BCUT2D eigenvalue weighted by molar-refractivity contribution is 0.256. The number of primary amides is 1. The minimum absolute atomic E-state index is 0.543. The fourth-order valence-corrected chi connectivity index (χ4v) is 1.39. The summed E-state index contributed by atoms with van der Waals surface area (Å²) in [5.74, 6) is 0. The van der Waals surface area contributed by atoms with Gasteiger partial charge in [-0.05, 0) is 12.1 Å². The van der Waals surface area contributed by atoms with E-state index in [1.807, 2.05) is 18.2 Å². The normalized spacial score (nSPS) is 9.75. The standard InChI is InChI=1S/C11H10N4O/c12-11(16)15(9-4-2-1-3-5-9)10-6-13-8-14-7-10/h1-8H,(H2,12,16). The first-order valence-corrected chi connectivity index (χ1v) is 4.68. The van der Waals surface area contributed by atoms with Crippen molar-refractivity contribution in [3.63, 3.8) is 0 Å². The van der Waals surface area contributed by atoms with Gasteiger partial charge in [0.25, 0.3) is 0 Å². The van der Waals surface area contributed by atoms with Gasteiger partial charge < -0.3 is 5.73 Å². The van der Waals surface area contributed by atoms with Crippen LogP contribution in [0.2, 0.25) is 0 Å². The summed E-state index contributed by atoms with van der Waals surface area (Å²) in [5, 5.41) is 0. The van der Waals surface area contributed by atoms with Crippen LogP contribution in [0.4, 0.5) is 16.2 Å². The molecule has 0 aliphatic rings. The van der Waals surface area contributed by atoms with Crippen LogP contribution in [0.5, 0.6) is 0 Å². The van der Waals surface area contributed by atoms with Crippen molar-refractivity contribution in [1.82, 2.24) is 9.97 Å². The van der Waals surface area contributed by atoms with Gasteiger partial charge in [-0.2, -0.15) is 0 Å². The lowest BCUT2D eigenvalue weighted by Gasteiger charge is -2.19. The lowest BCUT2D eigenvalue weighted by Crippen LogP contribution is -2.31. The van der Waals surface area contributed by atoms with Crippen molar-refractivity contribution in [3.8, 4) is 0 Å². The fraction of sp³-hybridized carbons (Fsp3) is 0. The predicted octanol–water partition coefficient (Wildman–Crippen LogP) is 1.69. The number of amides is 2. The number of carbonyl (C=O) groups excluding carboxylic acids is 1. The van der Waals surface area contributed by atoms with Gasteiger partial charge in [-0.15, -0.1) is 0 Å². The van der Waals surface area contributed by atoms with E-state index < -0.39 is 6.03 Å². The van der Waals surface area contributed by atoms with Gasteiger partial charge in [0.2, 0.25) is 0 Å². The first kappa shape index (κ1) is 10.1. The third kappa shape index (κ3) is 1.98. The lowest BCUT2D eigenvalue weighted by atomic mass is 10.3. The second-order valence-electron chi connectivity index (χ2n) is 3.11. The summed E-state index contributed by atoms with van der Waals surface area (Å²) in [6, 6.07) is 8.53. The van der Waals surface area contributed by atoms with E-state index in [0.29, 0.717) is 11.4 Å². The average Bonchev–Trinajstić information content (AvgIpc) is 2.31. The number of anilines is 2. The molecule has 80 valence electrons. The molecule has 2 amide bonds. The number of rotatable bonds is 2. The number of carbonyl (C=O) groups is 1. The van der Waals surface area contributed by atoms with E-state index >= 15 is 0 Å². The number of aromatic nitrogens is 2. The molecule has 0 atom stereocenters. The van der Waals surface area contributed by atoms with Gasteiger partial charge in [0.1, 0.15) is 6.33 Å². The maximum absolute atomic E-state index is 11.4. The number of nitrogens with zero attached hydrogens (tertiary/aromatic N) is 3. The molecular formula is C11H10N4O. The molecule has 2 aromatic rings. The Morgan fingerprint density at radius 3 is 2.25 bits per heavy atom. The number of urea groups is 1. The quantitative estimate of drug-likeness (QED) is 0.826. The third-order valence-electron chi connectivity index (χ3n) is 2.04. The number of hydrogen-bond acceptors (Lipinski definition) is 3. The molecule has 0 spiro atoms. The molecule has 0 unspecified atom stereocenters. The molecule has 1 aromatic carbocycles. The molecule has 0 aliphatic carbocycles. The maximum atomic E-state index is 11.4. The summed E-state index contributed by atoms with van der Waals surface area (Å²) in [4.78, 5) is 20.4. The van der Waals surface area contributed by atoms with Crippen molar-refractivity contribution in [2.45, 2.75) is 0 Å². The Bertz CT molecular complexity index is 432. The van der Waals surface area contributed by atoms with Crippen LogP contribution in [0.3, 0.4) is 0 Å². The van der Waals surface area contributed by atoms with E-state index in [1.54, 1.807) is 12.1 Å². The van der Waals surface area contributed by atoms with Crippen LogP contribution in [0, 0.1) is 0 Å². The Morgan fingerprint density at radius 2 is 1.69 bits per heavy atom. The molecule has 1 aromatic heterocycles. The topological polar surface area (TPSA) is 72.1 Å². The van der Waals surface area contributed by atoms with Gasteiger partial charge in [0.15, 0.2) is 0 Å². The molecule has 5 heteroatoms. The Kier molecular flexibility index (Phi) is 2.77. The van der Waals surface area contributed by atoms with E-state index in [0.717, 1.165) is 0 Å². The monoisotopic (exact) mass is 214 g/mol. The highest BCUT2D eigenvalue weighted by atomic mass is 16.2. The zero-order valence-corrected chi connectivity index (χ0v) is 8.45. The van der Waals surface area contributed by atoms with Crippen LogP contribution in [0.25, 0.3) is 0 Å². The summed E-state index contributed by atoms with van der Waals surface area (Å²) < 4.78 is 0. The van der Waals surface area contributed by atoms with E-state index in [1.165, 1.54) is 23.6 Å². The van der Waals surface area contributed by atoms with Crippen LogP contribution >= 0.6 is 0 Å². The smallest absolute Gasteiger partial charge is 0.323 e. The molecule has 2 N–H and O–H groups in total. The SMILES string of the molecule is NC(=O)N(c1ccccc1)c1cncnc1. The van der Waals surface area contributed by atoms with Crippen LogP contribution in [-0.2, 0) is 0 Å². The minimum atomic E-state index is -0.569. The molecule has 0 fully saturated rings. The molecule has 0 saturated heterocycles. The van der Waals surface area contributed by atoms with Crippen molar-refractivity contribution in [2.24, 2.45) is 5.73 Å². The Hall–Kier alpha value is -2.43. The summed E-state index contributed by atoms with van der Waals surface area (Å²) in [5.41, 5.74) is 6.56. The molecule has 0 saturated carbocycles. The van der Waals surface area contributed by atoms with Crippen LogP contribution < -0.4 is 10.6 Å². The molecular weight excluding hydrogens is 204 g/mol. The molecule has 5 nitrogen and oxygen atoms in total. The van der Waals surface area contributed by atoms with Crippen molar-refractivity contribution in [3.05, 3.63) is 49.1 Å². The Labute approximate surface area is 92.6 Å². The zero-order chi connectivity index (χ0) is 11.4. The Morgan fingerprint density at radius 1 is 1.06 bits per heavy atom. The fourth-order valence-electron chi connectivity index (χ4n) is 1.39. The minimum Gasteiger partial charge on any atom is -0.351 e. The summed E-state index contributed by atoms with van der Waals surface area (Å²) in [6.45, 7) is 0. The van der Waals surface area contributed by atoms with Crippen molar-refractivity contribution in [2.75, 3.05) is 4.90 Å². The van der Waals surface area contributed by atoms with E-state index in [4.69, 9.17) is 5.73 Å². The highest BCUT2D eigenvalue weighted by Gasteiger charge is 2.14. The number of nitrogens with two attached hydrogens (primary N) is 1. The van der Waals surface area contributed by atoms with E-state index in [2.05, 4.69) is 9.97 Å². The zero-order valence-electron chi connectivity index (χ0n) is 8.45. The summed E-state index contributed by atoms with van der Waals surface area (Å²) in [6.07, 6.45) is 4.46. The summed E-state index contributed by atoms with van der Waals surface area (Å²) >= 11 is 0. The van der Waals surface area contributed by atoms with E-state index in [-0.39, 0.29) is 0 Å². The first-order chi connectivity index (χ1) is 7.79. The molecule has 2 rings (SSSR count). The largest absolute Gasteiger partial charge is 0.351 e. The van der Waals surface area contributed by atoms with Gasteiger partial charge >= 0.3 is 6.03 Å². The number of benzene rings is 1. The second-order valence-corrected chi connectivity index (χ2v) is 3.11. The molecule has 0 aliphatic heterocycles. The Balaban J connectivity index is 2.44. The van der Waals surface area contributed by atoms with Crippen LogP contribution in [-0.4, -0.2) is 16.0 Å². The summed E-state index contributed by atoms with van der Waals surface area (Å²) in [7, 11) is 0. The van der Waals surface area contributed by atoms with Crippen LogP contribution in [0.1, 0.15) is 0 Å². The number of para-hydroxylation sites is 1. The highest BCUT2D eigenvalue weighted by molar-refractivity contribution is 5.97.